The van der Waals surface area contributed by atoms with Gasteiger partial charge in [-0.3, -0.25) is 9.78 Å². The maximum Gasteiger partial charge on any atom is 0.258 e. The second-order valence-corrected chi connectivity index (χ2v) is 6.03. The zero-order valence-electron chi connectivity index (χ0n) is 16.1. The van der Waals surface area contributed by atoms with Gasteiger partial charge in [0.1, 0.15) is 30.2 Å². The lowest BCUT2D eigenvalue weighted by atomic mass is 10.0. The fourth-order valence-corrected chi connectivity index (χ4v) is 2.63. The Morgan fingerprint density at radius 3 is 2.38 bits per heavy atom. The molecule has 0 spiro atoms. The van der Waals surface area contributed by atoms with Crippen LogP contribution in [0.2, 0.25) is 0 Å². The van der Waals surface area contributed by atoms with Crippen LogP contribution in [0, 0.1) is 12.7 Å². The molecule has 8 heteroatoms. The molecule has 0 unspecified atom stereocenters. The molecule has 0 aliphatic rings. The van der Waals surface area contributed by atoms with E-state index in [1.54, 1.807) is 25.4 Å². The Bertz CT molecular complexity index is 1030. The first-order valence-corrected chi connectivity index (χ1v) is 8.67. The monoisotopic (exact) mass is 394 g/mol. The number of amides is 1. The Morgan fingerprint density at radius 2 is 1.76 bits per heavy atom. The summed E-state index contributed by atoms with van der Waals surface area (Å²) in [7, 11) is 3.05. The SMILES string of the molecule is CON=C(c1ccc(OC)cc1)c1ccc(NC(=O)c2cncc(F)c2C)nc1. The summed E-state index contributed by atoms with van der Waals surface area (Å²) in [5, 5.41) is 6.71. The van der Waals surface area contributed by atoms with Gasteiger partial charge in [0.15, 0.2) is 0 Å². The van der Waals surface area contributed by atoms with Crippen molar-refractivity contribution in [1.29, 1.82) is 0 Å². The van der Waals surface area contributed by atoms with Crippen molar-refractivity contribution in [3.8, 4) is 5.75 Å². The van der Waals surface area contributed by atoms with Crippen LogP contribution in [-0.4, -0.2) is 35.8 Å². The van der Waals surface area contributed by atoms with Gasteiger partial charge in [-0.1, -0.05) is 5.16 Å². The molecule has 7 nitrogen and oxygen atoms in total. The van der Waals surface area contributed by atoms with Gasteiger partial charge in [0, 0.05) is 29.1 Å². The van der Waals surface area contributed by atoms with Gasteiger partial charge in [-0.15, -0.1) is 0 Å². The number of aromatic nitrogens is 2. The van der Waals surface area contributed by atoms with Crippen LogP contribution < -0.4 is 10.1 Å². The van der Waals surface area contributed by atoms with Crippen molar-refractivity contribution in [2.24, 2.45) is 5.16 Å². The third-order valence-corrected chi connectivity index (χ3v) is 4.22. The number of oxime groups is 1. The standard InChI is InChI=1S/C21H19FN4O3/c1-13-17(11-23-12-18(13)22)21(27)25-19-9-6-15(10-24-19)20(26-29-3)14-4-7-16(28-2)8-5-14/h4-12H,1-3H3,(H,24,25,27). The van der Waals surface area contributed by atoms with E-state index in [2.05, 4.69) is 20.4 Å². The minimum Gasteiger partial charge on any atom is -0.497 e. The fraction of sp³-hybridized carbons (Fsp3) is 0.143. The second kappa shape index (κ2) is 8.92. The lowest BCUT2D eigenvalue weighted by molar-refractivity contribution is 0.102. The van der Waals surface area contributed by atoms with Crippen LogP contribution in [0.1, 0.15) is 27.0 Å². The molecular formula is C21H19FN4O3. The summed E-state index contributed by atoms with van der Waals surface area (Å²) in [5.41, 5.74) is 2.45. The molecular weight excluding hydrogens is 375 g/mol. The number of benzene rings is 1. The molecule has 2 aromatic heterocycles. The highest BCUT2D eigenvalue weighted by Crippen LogP contribution is 2.18. The summed E-state index contributed by atoms with van der Waals surface area (Å²) in [6.07, 6.45) is 3.94. The summed E-state index contributed by atoms with van der Waals surface area (Å²) in [5.74, 6) is 0.00861. The number of anilines is 1. The number of hydrogen-bond acceptors (Lipinski definition) is 6. The van der Waals surface area contributed by atoms with Crippen LogP contribution in [0.4, 0.5) is 10.2 Å². The van der Waals surface area contributed by atoms with Crippen LogP contribution in [0.15, 0.2) is 60.1 Å². The predicted molar refractivity (Wildman–Crippen MR) is 107 cm³/mol. The zero-order valence-corrected chi connectivity index (χ0v) is 16.1. The Labute approximate surface area is 167 Å². The first-order valence-electron chi connectivity index (χ1n) is 8.67. The number of ether oxygens (including phenoxy) is 1. The Balaban J connectivity index is 1.81. The van der Waals surface area contributed by atoms with E-state index in [-0.39, 0.29) is 11.1 Å². The van der Waals surface area contributed by atoms with Crippen LogP contribution in [-0.2, 0) is 4.84 Å². The Morgan fingerprint density at radius 1 is 1.03 bits per heavy atom. The lowest BCUT2D eigenvalue weighted by Crippen LogP contribution is -2.15. The minimum atomic E-state index is -0.541. The molecule has 0 bridgehead atoms. The first-order chi connectivity index (χ1) is 14.0. The summed E-state index contributed by atoms with van der Waals surface area (Å²) in [6.45, 7) is 1.52. The average molecular weight is 394 g/mol. The molecule has 0 aliphatic heterocycles. The largest absolute Gasteiger partial charge is 0.497 e. The number of methoxy groups -OCH3 is 1. The van der Waals surface area contributed by atoms with Crippen molar-refractivity contribution < 1.29 is 18.8 Å². The molecule has 1 N–H and O–H groups in total. The molecule has 0 atom stereocenters. The average Bonchev–Trinajstić information content (AvgIpc) is 2.75. The second-order valence-electron chi connectivity index (χ2n) is 6.03. The van der Waals surface area contributed by atoms with Gasteiger partial charge in [0.25, 0.3) is 5.91 Å². The van der Waals surface area contributed by atoms with Gasteiger partial charge in [0.2, 0.25) is 0 Å². The minimum absolute atomic E-state index is 0.149. The maximum absolute atomic E-state index is 13.6. The van der Waals surface area contributed by atoms with E-state index in [9.17, 15) is 9.18 Å². The summed E-state index contributed by atoms with van der Waals surface area (Å²) in [6, 6.07) is 10.7. The molecule has 0 radical (unpaired) electrons. The smallest absolute Gasteiger partial charge is 0.258 e. The molecule has 148 valence electrons. The summed E-state index contributed by atoms with van der Waals surface area (Å²) < 4.78 is 18.8. The van der Waals surface area contributed by atoms with E-state index in [0.717, 1.165) is 17.5 Å². The van der Waals surface area contributed by atoms with Crippen molar-refractivity contribution in [1.82, 2.24) is 9.97 Å². The number of hydrogen-bond donors (Lipinski definition) is 1. The number of rotatable bonds is 6. The highest BCUT2D eigenvalue weighted by molar-refractivity contribution is 6.12. The van der Waals surface area contributed by atoms with Gasteiger partial charge in [-0.25, -0.2) is 9.37 Å². The number of carbonyl (C=O) groups is 1. The normalized spacial score (nSPS) is 11.1. The van der Waals surface area contributed by atoms with E-state index < -0.39 is 11.7 Å². The van der Waals surface area contributed by atoms with E-state index in [4.69, 9.17) is 9.57 Å². The van der Waals surface area contributed by atoms with E-state index >= 15 is 0 Å². The third-order valence-electron chi connectivity index (χ3n) is 4.22. The van der Waals surface area contributed by atoms with Crippen LogP contribution in [0.25, 0.3) is 0 Å². The number of nitrogens with one attached hydrogen (secondary N) is 1. The van der Waals surface area contributed by atoms with Gasteiger partial charge in [-0.2, -0.15) is 0 Å². The van der Waals surface area contributed by atoms with Crippen LogP contribution >= 0.6 is 0 Å². The van der Waals surface area contributed by atoms with E-state index in [1.165, 1.54) is 20.2 Å². The van der Waals surface area contributed by atoms with E-state index in [1.807, 2.05) is 24.3 Å². The highest BCUT2D eigenvalue weighted by Gasteiger charge is 2.14. The topological polar surface area (TPSA) is 85.7 Å². The molecule has 1 aromatic carbocycles. The number of carbonyl (C=O) groups excluding carboxylic acids is 1. The number of halogens is 1. The zero-order chi connectivity index (χ0) is 20.8. The summed E-state index contributed by atoms with van der Waals surface area (Å²) >= 11 is 0. The van der Waals surface area contributed by atoms with Gasteiger partial charge in [-0.05, 0) is 43.3 Å². The molecule has 29 heavy (non-hydrogen) atoms. The Kier molecular flexibility index (Phi) is 6.13. The maximum atomic E-state index is 13.6. The highest BCUT2D eigenvalue weighted by atomic mass is 19.1. The molecule has 3 rings (SSSR count). The molecule has 0 aliphatic carbocycles. The third kappa shape index (κ3) is 4.55. The van der Waals surface area contributed by atoms with Crippen molar-refractivity contribution >= 4 is 17.4 Å². The van der Waals surface area contributed by atoms with Crippen molar-refractivity contribution in [2.45, 2.75) is 6.92 Å². The van der Waals surface area contributed by atoms with E-state index in [0.29, 0.717) is 17.1 Å². The van der Waals surface area contributed by atoms with Gasteiger partial charge < -0.3 is 14.9 Å². The predicted octanol–water partition coefficient (Wildman–Crippen LogP) is 3.58. The Hall–Kier alpha value is -3.81. The molecule has 0 saturated carbocycles. The molecule has 1 amide bonds. The number of nitrogens with zero attached hydrogens (tertiary/aromatic N) is 3. The van der Waals surface area contributed by atoms with Crippen molar-refractivity contribution in [3.63, 3.8) is 0 Å². The first kappa shape index (κ1) is 19.9. The lowest BCUT2D eigenvalue weighted by Gasteiger charge is -2.09. The summed E-state index contributed by atoms with van der Waals surface area (Å²) in [4.78, 5) is 25.3. The van der Waals surface area contributed by atoms with Crippen molar-refractivity contribution in [3.05, 3.63) is 83.1 Å². The molecule has 3 aromatic rings. The van der Waals surface area contributed by atoms with Crippen molar-refractivity contribution in [2.75, 3.05) is 19.5 Å². The van der Waals surface area contributed by atoms with Gasteiger partial charge in [0.05, 0.1) is 18.9 Å². The van der Waals surface area contributed by atoms with Gasteiger partial charge >= 0.3 is 0 Å². The fourth-order valence-electron chi connectivity index (χ4n) is 2.63. The molecule has 2 heterocycles. The number of pyridine rings is 2. The molecule has 0 fully saturated rings. The van der Waals surface area contributed by atoms with Crippen LogP contribution in [0.3, 0.4) is 0 Å². The quantitative estimate of drug-likeness (QED) is 0.510. The van der Waals surface area contributed by atoms with Crippen LogP contribution in [0.5, 0.6) is 5.75 Å². The molecule has 0 saturated heterocycles.